The summed E-state index contributed by atoms with van der Waals surface area (Å²) in [5, 5.41) is 1.09. The lowest BCUT2D eigenvalue weighted by molar-refractivity contribution is 0.572. The lowest BCUT2D eigenvalue weighted by atomic mass is 10.1. The van der Waals surface area contributed by atoms with Gasteiger partial charge in [0.05, 0.1) is 0 Å². The summed E-state index contributed by atoms with van der Waals surface area (Å²) >= 11 is 0. The van der Waals surface area contributed by atoms with Gasteiger partial charge in [-0.3, -0.25) is 0 Å². The van der Waals surface area contributed by atoms with Crippen LogP contribution in [-0.4, -0.2) is 8.68 Å². The Balaban J connectivity index is 3.29. The summed E-state index contributed by atoms with van der Waals surface area (Å²) < 4.78 is 11.4. The molecule has 0 N–H and O–H groups in total. The third-order valence-corrected chi connectivity index (χ3v) is 3.51. The van der Waals surface area contributed by atoms with E-state index in [0.29, 0.717) is 0 Å². The van der Waals surface area contributed by atoms with Crippen LogP contribution >= 0.6 is 0 Å². The van der Waals surface area contributed by atoms with Gasteiger partial charge in [-0.05, 0) is 31.0 Å². The number of aryl methyl sites for hydroxylation is 2. The maximum absolute atomic E-state index is 11.4. The molecule has 0 radical (unpaired) electrons. The van der Waals surface area contributed by atoms with Crippen LogP contribution in [0.15, 0.2) is 18.2 Å². The Bertz CT molecular complexity index is 305. The Morgan fingerprint density at radius 1 is 1.42 bits per heavy atom. The Labute approximate surface area is 75.1 Å². The van der Waals surface area contributed by atoms with Gasteiger partial charge in [0.25, 0.3) is 0 Å². The smallest absolute Gasteiger partial charge is 0.308 e. The number of rotatable bonds is 2. The van der Waals surface area contributed by atoms with E-state index in [0.717, 1.165) is 11.6 Å². The van der Waals surface area contributed by atoms with Gasteiger partial charge in [-0.2, -0.15) is 0 Å². The quantitative estimate of drug-likeness (QED) is 0.631. The Kier molecular flexibility index (Phi) is 2.92. The molecule has 0 unspecified atom stereocenters. The van der Waals surface area contributed by atoms with E-state index in [4.69, 9.17) is 0 Å². The maximum Gasteiger partial charge on any atom is 0.308 e. The Morgan fingerprint density at radius 3 is 2.50 bits per heavy atom. The minimum absolute atomic E-state index is 0.973. The molecule has 12 heavy (non-hydrogen) atoms. The molecule has 0 aliphatic heterocycles. The van der Waals surface area contributed by atoms with E-state index in [1.54, 1.807) is 0 Å². The summed E-state index contributed by atoms with van der Waals surface area (Å²) in [6, 6.07) is 6.12. The highest BCUT2D eigenvalue weighted by atomic mass is 28.3. The molecule has 0 aliphatic rings. The van der Waals surface area contributed by atoms with Crippen molar-refractivity contribution in [1.82, 2.24) is 0 Å². The van der Waals surface area contributed by atoms with Crippen molar-refractivity contribution in [2.75, 3.05) is 0 Å². The van der Waals surface area contributed by atoms with Crippen LogP contribution in [0.2, 0.25) is 6.55 Å². The number of benzene rings is 1. The van der Waals surface area contributed by atoms with Crippen LogP contribution < -0.4 is 5.19 Å². The lowest BCUT2D eigenvalue weighted by Gasteiger charge is -2.06. The van der Waals surface area contributed by atoms with Crippen molar-refractivity contribution in [2.45, 2.75) is 26.8 Å². The lowest BCUT2D eigenvalue weighted by Crippen LogP contribution is -2.24. The molecule has 1 rings (SSSR count). The second-order valence-corrected chi connectivity index (χ2v) is 4.63. The van der Waals surface area contributed by atoms with E-state index in [1.165, 1.54) is 11.1 Å². The first-order valence-electron chi connectivity index (χ1n) is 4.26. The van der Waals surface area contributed by atoms with E-state index >= 15 is 0 Å². The normalized spacial score (nSPS) is 9.92. The van der Waals surface area contributed by atoms with Gasteiger partial charge in [-0.15, -0.1) is 0 Å². The molecule has 0 bridgehead atoms. The Morgan fingerprint density at radius 2 is 2.08 bits per heavy atom. The molecule has 0 saturated carbocycles. The molecule has 0 spiro atoms. The summed E-state index contributed by atoms with van der Waals surface area (Å²) in [5.74, 6) is 0. The standard InChI is InChI=1S/C10H14OSi/c1-4-9-7-5-6-8(2)10(9)12(3)11/h5-7H,4H2,1-3H3. The van der Waals surface area contributed by atoms with Crippen molar-refractivity contribution in [3.8, 4) is 0 Å². The van der Waals surface area contributed by atoms with E-state index in [9.17, 15) is 4.46 Å². The van der Waals surface area contributed by atoms with E-state index < -0.39 is 8.68 Å². The van der Waals surface area contributed by atoms with Gasteiger partial charge in [-0.25, -0.2) is 0 Å². The molecule has 0 saturated heterocycles. The first-order chi connectivity index (χ1) is 5.66. The average Bonchev–Trinajstić information content (AvgIpc) is 2.03. The largest absolute Gasteiger partial charge is 0.383 e. The van der Waals surface area contributed by atoms with Crippen LogP contribution in [0.5, 0.6) is 0 Å². The molecule has 1 aromatic carbocycles. The molecule has 0 fully saturated rings. The van der Waals surface area contributed by atoms with Crippen LogP contribution in [0.3, 0.4) is 0 Å². The van der Waals surface area contributed by atoms with Gasteiger partial charge < -0.3 is 4.46 Å². The molecule has 1 nitrogen and oxygen atoms in total. The van der Waals surface area contributed by atoms with Gasteiger partial charge in [0.15, 0.2) is 0 Å². The molecule has 0 aliphatic carbocycles. The van der Waals surface area contributed by atoms with Crippen molar-refractivity contribution in [1.29, 1.82) is 0 Å². The third kappa shape index (κ3) is 1.69. The molecule has 64 valence electrons. The van der Waals surface area contributed by atoms with Crippen molar-refractivity contribution in [2.24, 2.45) is 0 Å². The molecule has 0 aromatic heterocycles. The fourth-order valence-electron chi connectivity index (χ4n) is 1.53. The van der Waals surface area contributed by atoms with Crippen molar-refractivity contribution < 1.29 is 4.46 Å². The van der Waals surface area contributed by atoms with Crippen molar-refractivity contribution in [3.05, 3.63) is 29.3 Å². The van der Waals surface area contributed by atoms with Crippen molar-refractivity contribution in [3.63, 3.8) is 0 Å². The molecule has 0 atom stereocenters. The van der Waals surface area contributed by atoms with Crippen LogP contribution in [-0.2, 0) is 10.9 Å². The van der Waals surface area contributed by atoms with Gasteiger partial charge in [0.1, 0.15) is 0 Å². The zero-order chi connectivity index (χ0) is 9.14. The van der Waals surface area contributed by atoms with Crippen LogP contribution in [0.25, 0.3) is 0 Å². The fraction of sp³-hybridized carbons (Fsp3) is 0.400. The highest BCUT2D eigenvalue weighted by Gasteiger charge is 2.09. The van der Waals surface area contributed by atoms with E-state index in [-0.39, 0.29) is 0 Å². The van der Waals surface area contributed by atoms with Gasteiger partial charge >= 0.3 is 8.68 Å². The minimum Gasteiger partial charge on any atom is -0.383 e. The zero-order valence-corrected chi connectivity index (χ0v) is 8.85. The summed E-state index contributed by atoms with van der Waals surface area (Å²) in [7, 11) is -1.53. The van der Waals surface area contributed by atoms with Gasteiger partial charge in [0, 0.05) is 5.19 Å². The molecule has 2 heteroatoms. The van der Waals surface area contributed by atoms with Crippen molar-refractivity contribution >= 4 is 13.9 Å². The molecule has 1 aromatic rings. The minimum atomic E-state index is -1.53. The van der Waals surface area contributed by atoms with E-state index in [2.05, 4.69) is 13.0 Å². The second kappa shape index (κ2) is 3.76. The van der Waals surface area contributed by atoms with Crippen LogP contribution in [0.4, 0.5) is 0 Å². The molecular formula is C10H14OSi. The third-order valence-electron chi connectivity index (χ3n) is 2.09. The predicted octanol–water partition coefficient (Wildman–Crippen LogP) is 1.82. The summed E-state index contributed by atoms with van der Waals surface area (Å²) in [4.78, 5) is 0. The van der Waals surface area contributed by atoms with Crippen LogP contribution in [0, 0.1) is 6.92 Å². The average molecular weight is 178 g/mol. The first-order valence-corrected chi connectivity index (χ1v) is 6.17. The monoisotopic (exact) mass is 178 g/mol. The first kappa shape index (κ1) is 9.33. The highest BCUT2D eigenvalue weighted by molar-refractivity contribution is 6.59. The maximum atomic E-state index is 11.4. The zero-order valence-electron chi connectivity index (χ0n) is 7.85. The second-order valence-electron chi connectivity index (χ2n) is 3.02. The number of hydrogen-bond donors (Lipinski definition) is 0. The fourth-order valence-corrected chi connectivity index (χ4v) is 2.88. The summed E-state index contributed by atoms with van der Waals surface area (Å²) in [6.07, 6.45) is 0.973. The summed E-state index contributed by atoms with van der Waals surface area (Å²) in [6.45, 7) is 5.94. The Hall–Kier alpha value is -0.763. The molecule has 0 amide bonds. The van der Waals surface area contributed by atoms with Gasteiger partial charge in [-0.1, -0.05) is 25.1 Å². The van der Waals surface area contributed by atoms with E-state index in [1.807, 2.05) is 25.6 Å². The number of hydrogen-bond acceptors (Lipinski definition) is 1. The molecule has 0 heterocycles. The van der Waals surface area contributed by atoms with Gasteiger partial charge in [0.2, 0.25) is 0 Å². The predicted molar refractivity (Wildman–Crippen MR) is 52.5 cm³/mol. The highest BCUT2D eigenvalue weighted by Crippen LogP contribution is 2.02. The molecular weight excluding hydrogens is 164 g/mol. The summed E-state index contributed by atoms with van der Waals surface area (Å²) in [5.41, 5.74) is 2.40. The SMILES string of the molecule is CCc1cccc(C)c1[Si](C)=O. The topological polar surface area (TPSA) is 17.1 Å². The van der Waals surface area contributed by atoms with Crippen LogP contribution in [0.1, 0.15) is 18.1 Å².